The van der Waals surface area contributed by atoms with Crippen molar-refractivity contribution in [1.82, 2.24) is 5.06 Å². The average Bonchev–Trinajstić information content (AvgIpc) is 2.15. The van der Waals surface area contributed by atoms with Crippen LogP contribution in [0.25, 0.3) is 0 Å². The number of piperidine rings is 1. The smallest absolute Gasteiger partial charge is 0.307 e. The van der Waals surface area contributed by atoms with Crippen molar-refractivity contribution < 1.29 is 14.7 Å². The minimum Gasteiger partial charge on any atom is -0.481 e. The molecule has 13 heavy (non-hydrogen) atoms. The van der Waals surface area contributed by atoms with E-state index in [1.54, 1.807) is 5.06 Å². The van der Waals surface area contributed by atoms with Gasteiger partial charge in [0, 0.05) is 13.1 Å². The van der Waals surface area contributed by atoms with Gasteiger partial charge >= 0.3 is 5.97 Å². The van der Waals surface area contributed by atoms with Crippen LogP contribution in [0.3, 0.4) is 0 Å². The van der Waals surface area contributed by atoms with Crippen LogP contribution in [0.4, 0.5) is 0 Å². The third-order valence-electron chi connectivity index (χ3n) is 2.21. The summed E-state index contributed by atoms with van der Waals surface area (Å²) in [6, 6.07) is 0. The number of rotatable bonds is 4. The van der Waals surface area contributed by atoms with Crippen LogP contribution in [0.1, 0.15) is 26.2 Å². The van der Waals surface area contributed by atoms with Crippen molar-refractivity contribution in [2.75, 3.05) is 19.7 Å². The summed E-state index contributed by atoms with van der Waals surface area (Å²) in [5.74, 6) is -0.949. The van der Waals surface area contributed by atoms with Crippen molar-refractivity contribution in [2.24, 2.45) is 5.92 Å². The Kier molecular flexibility index (Phi) is 4.18. The van der Waals surface area contributed by atoms with E-state index in [9.17, 15) is 4.79 Å². The Morgan fingerprint density at radius 1 is 1.69 bits per heavy atom. The molecule has 0 aromatic rings. The zero-order valence-corrected chi connectivity index (χ0v) is 8.03. The molecule has 1 rings (SSSR count). The maximum absolute atomic E-state index is 10.7. The van der Waals surface area contributed by atoms with Gasteiger partial charge in [-0.15, -0.1) is 0 Å². The fraction of sp³-hybridized carbons (Fsp3) is 0.889. The number of aliphatic carboxylic acids is 1. The molecule has 0 radical (unpaired) electrons. The summed E-state index contributed by atoms with van der Waals surface area (Å²) in [5, 5.41) is 10.6. The highest BCUT2D eigenvalue weighted by molar-refractivity contribution is 5.70. The van der Waals surface area contributed by atoms with Gasteiger partial charge in [-0.1, -0.05) is 6.92 Å². The topological polar surface area (TPSA) is 49.8 Å². The number of nitrogens with zero attached hydrogens (tertiary/aromatic N) is 1. The van der Waals surface area contributed by atoms with Crippen LogP contribution in [0, 0.1) is 5.92 Å². The first-order chi connectivity index (χ1) is 6.24. The molecule has 0 spiro atoms. The van der Waals surface area contributed by atoms with Crippen molar-refractivity contribution in [1.29, 1.82) is 0 Å². The SMILES string of the molecule is CCCON1CCCC(C(=O)O)C1. The van der Waals surface area contributed by atoms with E-state index in [-0.39, 0.29) is 5.92 Å². The van der Waals surface area contributed by atoms with Crippen LogP contribution in [-0.4, -0.2) is 35.8 Å². The standard InChI is InChI=1S/C9H17NO3/c1-2-6-13-10-5-3-4-8(7-10)9(11)12/h8H,2-7H2,1H3,(H,11,12). The summed E-state index contributed by atoms with van der Waals surface area (Å²) in [6.45, 7) is 4.13. The summed E-state index contributed by atoms with van der Waals surface area (Å²) in [4.78, 5) is 16.1. The molecule has 1 aliphatic rings. The van der Waals surface area contributed by atoms with E-state index in [4.69, 9.17) is 9.94 Å². The third kappa shape index (κ3) is 3.32. The fourth-order valence-electron chi connectivity index (χ4n) is 1.48. The minimum absolute atomic E-state index is 0.245. The van der Waals surface area contributed by atoms with Gasteiger partial charge in [-0.05, 0) is 19.3 Å². The van der Waals surface area contributed by atoms with Crippen LogP contribution in [0.15, 0.2) is 0 Å². The lowest BCUT2D eigenvalue weighted by Crippen LogP contribution is -2.38. The zero-order valence-electron chi connectivity index (χ0n) is 8.03. The van der Waals surface area contributed by atoms with E-state index in [2.05, 4.69) is 0 Å². The summed E-state index contributed by atoms with van der Waals surface area (Å²) < 4.78 is 0. The largest absolute Gasteiger partial charge is 0.481 e. The molecule has 0 aromatic carbocycles. The van der Waals surface area contributed by atoms with Gasteiger partial charge in [0.25, 0.3) is 0 Å². The Bertz CT molecular complexity index is 172. The number of hydroxylamine groups is 2. The Hall–Kier alpha value is -0.610. The molecule has 4 heteroatoms. The summed E-state index contributed by atoms with van der Waals surface area (Å²) in [5.41, 5.74) is 0. The second-order valence-corrected chi connectivity index (χ2v) is 3.40. The zero-order chi connectivity index (χ0) is 9.68. The molecule has 1 saturated heterocycles. The molecular weight excluding hydrogens is 170 g/mol. The average molecular weight is 187 g/mol. The molecule has 0 saturated carbocycles. The van der Waals surface area contributed by atoms with Crippen LogP contribution in [0.2, 0.25) is 0 Å². The maximum Gasteiger partial charge on any atom is 0.307 e. The molecule has 1 N–H and O–H groups in total. The molecule has 1 unspecified atom stereocenters. The normalized spacial score (nSPS) is 24.5. The Morgan fingerprint density at radius 3 is 3.08 bits per heavy atom. The summed E-state index contributed by atoms with van der Waals surface area (Å²) in [6.07, 6.45) is 2.66. The quantitative estimate of drug-likeness (QED) is 0.716. The van der Waals surface area contributed by atoms with E-state index in [1.807, 2.05) is 6.92 Å². The number of carboxylic acids is 1. The number of hydrogen-bond donors (Lipinski definition) is 1. The monoisotopic (exact) mass is 187 g/mol. The van der Waals surface area contributed by atoms with E-state index in [0.29, 0.717) is 13.2 Å². The second kappa shape index (κ2) is 5.19. The highest BCUT2D eigenvalue weighted by atomic mass is 16.7. The fourth-order valence-corrected chi connectivity index (χ4v) is 1.48. The first kappa shape index (κ1) is 10.5. The first-order valence-electron chi connectivity index (χ1n) is 4.84. The van der Waals surface area contributed by atoms with E-state index in [0.717, 1.165) is 25.8 Å². The van der Waals surface area contributed by atoms with Gasteiger partial charge in [0.2, 0.25) is 0 Å². The highest BCUT2D eigenvalue weighted by Crippen LogP contribution is 2.16. The van der Waals surface area contributed by atoms with Crippen molar-refractivity contribution >= 4 is 5.97 Å². The first-order valence-corrected chi connectivity index (χ1v) is 4.84. The molecule has 1 atom stereocenters. The lowest BCUT2D eigenvalue weighted by atomic mass is 10.00. The van der Waals surface area contributed by atoms with Gasteiger partial charge in [0.1, 0.15) is 0 Å². The Balaban J connectivity index is 2.29. The van der Waals surface area contributed by atoms with Crippen molar-refractivity contribution in [3.05, 3.63) is 0 Å². The van der Waals surface area contributed by atoms with E-state index in [1.165, 1.54) is 0 Å². The molecule has 0 aliphatic carbocycles. The van der Waals surface area contributed by atoms with Gasteiger partial charge in [-0.3, -0.25) is 9.63 Å². The predicted octanol–water partition coefficient (Wildman–Crippen LogP) is 1.12. The molecule has 1 aliphatic heterocycles. The Labute approximate surface area is 78.4 Å². The molecule has 0 amide bonds. The molecular formula is C9H17NO3. The van der Waals surface area contributed by atoms with Gasteiger partial charge in [0.15, 0.2) is 0 Å². The van der Waals surface area contributed by atoms with Crippen LogP contribution in [0.5, 0.6) is 0 Å². The molecule has 1 fully saturated rings. The second-order valence-electron chi connectivity index (χ2n) is 3.40. The lowest BCUT2D eigenvalue weighted by Gasteiger charge is -2.29. The van der Waals surface area contributed by atoms with Crippen LogP contribution in [-0.2, 0) is 9.63 Å². The molecule has 0 aromatic heterocycles. The number of hydrogen-bond acceptors (Lipinski definition) is 3. The van der Waals surface area contributed by atoms with E-state index >= 15 is 0 Å². The van der Waals surface area contributed by atoms with Gasteiger partial charge in [-0.25, -0.2) is 0 Å². The van der Waals surface area contributed by atoms with Crippen molar-refractivity contribution in [2.45, 2.75) is 26.2 Å². The highest BCUT2D eigenvalue weighted by Gasteiger charge is 2.25. The third-order valence-corrected chi connectivity index (χ3v) is 2.21. The molecule has 0 bridgehead atoms. The molecule has 4 nitrogen and oxygen atoms in total. The van der Waals surface area contributed by atoms with Gasteiger partial charge in [0.05, 0.1) is 12.5 Å². The minimum atomic E-state index is -0.704. The lowest BCUT2D eigenvalue weighted by molar-refractivity contribution is -0.185. The van der Waals surface area contributed by atoms with Gasteiger partial charge < -0.3 is 5.11 Å². The predicted molar refractivity (Wildman–Crippen MR) is 48.2 cm³/mol. The summed E-state index contributed by atoms with van der Waals surface area (Å²) in [7, 11) is 0. The Morgan fingerprint density at radius 2 is 2.46 bits per heavy atom. The van der Waals surface area contributed by atoms with Crippen molar-refractivity contribution in [3.63, 3.8) is 0 Å². The summed E-state index contributed by atoms with van der Waals surface area (Å²) >= 11 is 0. The number of carboxylic acid groups (broad SMARTS) is 1. The van der Waals surface area contributed by atoms with Crippen LogP contribution >= 0.6 is 0 Å². The maximum atomic E-state index is 10.7. The molecule has 76 valence electrons. The molecule has 1 heterocycles. The van der Waals surface area contributed by atoms with Gasteiger partial charge in [-0.2, -0.15) is 5.06 Å². The van der Waals surface area contributed by atoms with E-state index < -0.39 is 5.97 Å². The van der Waals surface area contributed by atoms with Crippen molar-refractivity contribution in [3.8, 4) is 0 Å². The number of carbonyl (C=O) groups is 1. The van der Waals surface area contributed by atoms with Crippen LogP contribution < -0.4 is 0 Å².